The van der Waals surface area contributed by atoms with Gasteiger partial charge in [-0.25, -0.2) is 9.36 Å². The van der Waals surface area contributed by atoms with Gasteiger partial charge in [-0.2, -0.15) is 0 Å². The molecule has 12 heteroatoms. The Morgan fingerprint density at radius 1 is 0.935 bits per heavy atom. The van der Waals surface area contributed by atoms with Gasteiger partial charge in [0.2, 0.25) is 0 Å². The van der Waals surface area contributed by atoms with E-state index in [9.17, 15) is 19.6 Å². The zero-order valence-electron chi connectivity index (χ0n) is 18.0. The number of phosphoric ester groups is 1. The van der Waals surface area contributed by atoms with Gasteiger partial charge in [0, 0.05) is 6.61 Å². The van der Waals surface area contributed by atoms with Crippen molar-refractivity contribution in [1.82, 2.24) is 0 Å². The minimum absolute atomic E-state index is 0.178. The highest BCUT2D eigenvalue weighted by molar-refractivity contribution is 7.46. The summed E-state index contributed by atoms with van der Waals surface area (Å²) in [6, 6.07) is 0. The van der Waals surface area contributed by atoms with Crippen LogP contribution in [0.4, 0.5) is 4.79 Å². The first-order chi connectivity index (χ1) is 14.7. The number of unbranched alkanes of at least 4 members (excludes halogenated alkanes) is 9. The highest BCUT2D eigenvalue weighted by atomic mass is 31.2. The Kier molecular flexibility index (Phi) is 13.8. The lowest BCUT2D eigenvalue weighted by Crippen LogP contribution is -2.60. The van der Waals surface area contributed by atoms with Crippen molar-refractivity contribution in [3.05, 3.63) is 0 Å². The Morgan fingerprint density at radius 3 is 2.00 bits per heavy atom. The average Bonchev–Trinajstić information content (AvgIpc) is 2.69. The summed E-state index contributed by atoms with van der Waals surface area (Å²) in [7, 11) is -5.01. The van der Waals surface area contributed by atoms with E-state index in [1.165, 1.54) is 38.5 Å². The number of aliphatic hydroxyl groups is 2. The maximum Gasteiger partial charge on any atom is 0.505 e. The molecule has 0 amide bonds. The van der Waals surface area contributed by atoms with Gasteiger partial charge in [0.1, 0.15) is 31.0 Å². The lowest BCUT2D eigenvalue weighted by atomic mass is 9.99. The molecule has 0 aromatic rings. The summed E-state index contributed by atoms with van der Waals surface area (Å²) >= 11 is 0. The first-order valence-corrected chi connectivity index (χ1v) is 12.4. The second kappa shape index (κ2) is 15.1. The molecule has 184 valence electrons. The molecule has 0 bridgehead atoms. The molecule has 31 heavy (non-hydrogen) atoms. The maximum absolute atomic E-state index is 11.2. The van der Waals surface area contributed by atoms with Crippen LogP contribution in [0.2, 0.25) is 0 Å². The van der Waals surface area contributed by atoms with Crippen molar-refractivity contribution in [3.63, 3.8) is 0 Å². The quantitative estimate of drug-likeness (QED) is 0.127. The molecule has 1 heterocycles. The standard InChI is InChI=1S/C19H37O11P/c1-2-3-4-5-6-7-8-9-10-11-12-27-18-17(30-31(24,25)26)16(21)15(20)14(29-18)13-28-19(22)23/h14-18,20-21H,2-13H2,1H3,(H,22,23)(H2,24,25,26)/t14-,15-,16+,17-,18+/m1/s1. The Morgan fingerprint density at radius 2 is 1.48 bits per heavy atom. The van der Waals surface area contributed by atoms with Crippen molar-refractivity contribution in [2.24, 2.45) is 0 Å². The summed E-state index contributed by atoms with van der Waals surface area (Å²) < 4.78 is 31.0. The Labute approximate surface area is 182 Å². The van der Waals surface area contributed by atoms with E-state index >= 15 is 0 Å². The number of ether oxygens (including phenoxy) is 3. The fraction of sp³-hybridized carbons (Fsp3) is 0.947. The number of rotatable bonds is 16. The van der Waals surface area contributed by atoms with E-state index < -0.39 is 51.3 Å². The Hall–Kier alpha value is -0.780. The molecule has 0 aromatic carbocycles. The van der Waals surface area contributed by atoms with Gasteiger partial charge in [-0.1, -0.05) is 64.7 Å². The van der Waals surface area contributed by atoms with Crippen LogP contribution >= 0.6 is 7.82 Å². The Bertz CT molecular complexity index is 541. The fourth-order valence-corrected chi connectivity index (χ4v) is 3.93. The van der Waals surface area contributed by atoms with Crippen LogP contribution < -0.4 is 0 Å². The number of hydrogen-bond donors (Lipinski definition) is 5. The first-order valence-electron chi connectivity index (χ1n) is 10.9. The van der Waals surface area contributed by atoms with Crippen molar-refractivity contribution in [2.75, 3.05) is 13.2 Å². The molecule has 11 nitrogen and oxygen atoms in total. The number of aliphatic hydroxyl groups excluding tert-OH is 2. The summed E-state index contributed by atoms with van der Waals surface area (Å²) in [4.78, 5) is 28.7. The summed E-state index contributed by atoms with van der Waals surface area (Å²) in [5, 5.41) is 28.9. The molecule has 1 rings (SSSR count). The van der Waals surface area contributed by atoms with Crippen LogP contribution in [-0.2, 0) is 23.3 Å². The molecule has 0 saturated carbocycles. The zero-order chi connectivity index (χ0) is 23.3. The van der Waals surface area contributed by atoms with Crippen molar-refractivity contribution in [1.29, 1.82) is 0 Å². The molecule has 0 spiro atoms. The largest absolute Gasteiger partial charge is 0.505 e. The van der Waals surface area contributed by atoms with Gasteiger partial charge < -0.3 is 39.3 Å². The van der Waals surface area contributed by atoms with Crippen LogP contribution in [0, 0.1) is 0 Å². The number of hydrogen-bond acceptors (Lipinski definition) is 8. The second-order valence-electron chi connectivity index (χ2n) is 7.71. The van der Waals surface area contributed by atoms with Crippen LogP contribution in [0.3, 0.4) is 0 Å². The smallest absolute Gasteiger partial charge is 0.450 e. The Balaban J connectivity index is 2.42. The predicted molar refractivity (Wildman–Crippen MR) is 109 cm³/mol. The average molecular weight is 472 g/mol. The monoisotopic (exact) mass is 472 g/mol. The van der Waals surface area contributed by atoms with E-state index in [-0.39, 0.29) is 6.61 Å². The summed E-state index contributed by atoms with van der Waals surface area (Å²) in [5.74, 6) is 0. The van der Waals surface area contributed by atoms with Crippen LogP contribution in [0.25, 0.3) is 0 Å². The SMILES string of the molecule is CCCCCCCCCCCCO[C@H]1O[C@H](COC(=O)O)[C@@H](O)[C@H](O)[C@H]1OP(=O)(O)O. The first kappa shape index (κ1) is 28.3. The van der Waals surface area contributed by atoms with Gasteiger partial charge in [0.15, 0.2) is 6.29 Å². The molecule has 0 radical (unpaired) electrons. The van der Waals surface area contributed by atoms with Gasteiger partial charge in [-0.05, 0) is 6.42 Å². The molecule has 1 fully saturated rings. The minimum atomic E-state index is -5.01. The lowest BCUT2D eigenvalue weighted by Gasteiger charge is -2.41. The molecular weight excluding hydrogens is 435 g/mol. The van der Waals surface area contributed by atoms with Gasteiger partial charge in [-0.15, -0.1) is 0 Å². The third-order valence-electron chi connectivity index (χ3n) is 5.05. The number of phosphoric acid groups is 1. The lowest BCUT2D eigenvalue weighted by molar-refractivity contribution is -0.297. The predicted octanol–water partition coefficient (Wildman–Crippen LogP) is 2.54. The number of carboxylic acid groups (broad SMARTS) is 1. The van der Waals surface area contributed by atoms with Gasteiger partial charge in [-0.3, -0.25) is 4.52 Å². The summed E-state index contributed by atoms with van der Waals surface area (Å²) in [6.45, 7) is 1.78. The molecule has 0 unspecified atom stereocenters. The van der Waals surface area contributed by atoms with Gasteiger partial charge >= 0.3 is 14.0 Å². The molecule has 1 saturated heterocycles. The minimum Gasteiger partial charge on any atom is -0.450 e. The molecule has 5 atom stereocenters. The highest BCUT2D eigenvalue weighted by Gasteiger charge is 2.48. The maximum atomic E-state index is 11.2. The number of carbonyl (C=O) groups is 1. The van der Waals surface area contributed by atoms with E-state index in [1.807, 2.05) is 0 Å². The van der Waals surface area contributed by atoms with Crippen molar-refractivity contribution in [2.45, 2.75) is 102 Å². The molecule has 1 aliphatic heterocycles. The van der Waals surface area contributed by atoms with Crippen LogP contribution in [0.5, 0.6) is 0 Å². The zero-order valence-corrected chi connectivity index (χ0v) is 18.9. The van der Waals surface area contributed by atoms with Crippen LogP contribution in [-0.4, -0.2) is 75.2 Å². The molecule has 0 aromatic heterocycles. The van der Waals surface area contributed by atoms with E-state index in [0.29, 0.717) is 6.42 Å². The van der Waals surface area contributed by atoms with E-state index in [1.54, 1.807) is 0 Å². The van der Waals surface area contributed by atoms with E-state index in [2.05, 4.69) is 16.2 Å². The van der Waals surface area contributed by atoms with E-state index in [0.717, 1.165) is 19.3 Å². The highest BCUT2D eigenvalue weighted by Crippen LogP contribution is 2.41. The molecule has 5 N–H and O–H groups in total. The third kappa shape index (κ3) is 12.1. The van der Waals surface area contributed by atoms with Gasteiger partial charge in [0.05, 0.1) is 0 Å². The van der Waals surface area contributed by atoms with Gasteiger partial charge in [0.25, 0.3) is 0 Å². The second-order valence-corrected chi connectivity index (χ2v) is 8.91. The van der Waals surface area contributed by atoms with Crippen molar-refractivity contribution >= 4 is 14.0 Å². The van der Waals surface area contributed by atoms with Crippen LogP contribution in [0.15, 0.2) is 0 Å². The van der Waals surface area contributed by atoms with Crippen molar-refractivity contribution in [3.8, 4) is 0 Å². The molecule has 1 aliphatic rings. The molecule has 0 aliphatic carbocycles. The third-order valence-corrected chi connectivity index (χ3v) is 5.57. The van der Waals surface area contributed by atoms with E-state index in [4.69, 9.17) is 24.4 Å². The molecular formula is C19H37O11P. The topological polar surface area (TPSA) is 172 Å². The summed E-state index contributed by atoms with van der Waals surface area (Å²) in [6.07, 6.45) is 1.77. The summed E-state index contributed by atoms with van der Waals surface area (Å²) in [5.41, 5.74) is 0. The fourth-order valence-electron chi connectivity index (χ4n) is 3.39. The van der Waals surface area contributed by atoms with Crippen LogP contribution in [0.1, 0.15) is 71.1 Å². The normalized spacial score (nSPS) is 26.7. The van der Waals surface area contributed by atoms with Crippen molar-refractivity contribution < 1.29 is 53.2 Å².